The van der Waals surface area contributed by atoms with E-state index in [-0.39, 0.29) is 18.0 Å². The van der Waals surface area contributed by atoms with E-state index >= 15 is 0 Å². The Morgan fingerprint density at radius 3 is 2.82 bits per heavy atom. The Kier molecular flexibility index (Phi) is 4.90. The van der Waals surface area contributed by atoms with Crippen LogP contribution in [0, 0.1) is 17.0 Å². The van der Waals surface area contributed by atoms with Crippen molar-refractivity contribution in [1.82, 2.24) is 0 Å². The minimum atomic E-state index is -0.527. The fourth-order valence-corrected chi connectivity index (χ4v) is 1.49. The molecule has 0 aliphatic heterocycles. The lowest BCUT2D eigenvalue weighted by Crippen LogP contribution is -2.06. The molecule has 0 amide bonds. The van der Waals surface area contributed by atoms with Crippen LogP contribution in [0.15, 0.2) is 18.2 Å². The van der Waals surface area contributed by atoms with E-state index in [1.54, 1.807) is 18.2 Å². The molecule has 1 atom stereocenters. The van der Waals surface area contributed by atoms with Gasteiger partial charge in [-0.05, 0) is 19.4 Å². The van der Waals surface area contributed by atoms with E-state index in [1.807, 2.05) is 6.92 Å². The summed E-state index contributed by atoms with van der Waals surface area (Å²) in [5.41, 5.74) is 0.293. The number of nitro groups is 1. The lowest BCUT2D eigenvalue weighted by molar-refractivity contribution is -0.386. The van der Waals surface area contributed by atoms with Crippen molar-refractivity contribution in [2.45, 2.75) is 19.3 Å². The number of aliphatic hydroxyl groups excluding tert-OH is 1. The minimum absolute atomic E-state index is 0.102. The molecule has 5 nitrogen and oxygen atoms in total. The molecule has 0 saturated carbocycles. The molecule has 0 spiro atoms. The lowest BCUT2D eigenvalue weighted by atomic mass is 10.00. The standard InChI is InChI=1S/C12H16NO4/c1-3-7-17-11-6-4-5-10(9(2)8-14)12(11)13(15)16/h4-6,9,14H,2-3,7-8H2,1H3. The topological polar surface area (TPSA) is 72.6 Å². The molecule has 5 heteroatoms. The molecule has 1 radical (unpaired) electrons. The Balaban J connectivity index is 3.17. The van der Waals surface area contributed by atoms with Crippen LogP contribution in [0.25, 0.3) is 0 Å². The molecule has 1 rings (SSSR count). The van der Waals surface area contributed by atoms with Gasteiger partial charge in [0.25, 0.3) is 0 Å². The summed E-state index contributed by atoms with van der Waals surface area (Å²) < 4.78 is 5.33. The average molecular weight is 238 g/mol. The smallest absolute Gasteiger partial charge is 0.314 e. The normalized spacial score (nSPS) is 12.2. The van der Waals surface area contributed by atoms with Crippen molar-refractivity contribution in [3.8, 4) is 5.75 Å². The summed E-state index contributed by atoms with van der Waals surface area (Å²) in [5, 5.41) is 20.1. The van der Waals surface area contributed by atoms with Gasteiger partial charge >= 0.3 is 5.69 Å². The first-order valence-corrected chi connectivity index (χ1v) is 5.45. The Bertz CT molecular complexity index is 392. The first-order chi connectivity index (χ1) is 8.11. The van der Waals surface area contributed by atoms with E-state index in [9.17, 15) is 10.1 Å². The van der Waals surface area contributed by atoms with Gasteiger partial charge in [-0.2, -0.15) is 0 Å². The highest BCUT2D eigenvalue weighted by Gasteiger charge is 2.23. The molecule has 0 heterocycles. The first kappa shape index (κ1) is 13.4. The Morgan fingerprint density at radius 1 is 1.59 bits per heavy atom. The summed E-state index contributed by atoms with van der Waals surface area (Å²) in [6, 6.07) is 4.81. The number of rotatable bonds is 6. The molecule has 0 aliphatic carbocycles. The molecule has 1 N–H and O–H groups in total. The largest absolute Gasteiger partial charge is 0.487 e. The summed E-state index contributed by atoms with van der Waals surface area (Å²) in [4.78, 5) is 10.6. The van der Waals surface area contributed by atoms with Crippen molar-refractivity contribution < 1.29 is 14.8 Å². The summed E-state index contributed by atoms with van der Waals surface area (Å²) in [6.45, 7) is 5.79. The number of hydrogen-bond acceptors (Lipinski definition) is 4. The predicted octanol–water partition coefficient (Wildman–Crippen LogP) is 2.29. The van der Waals surface area contributed by atoms with E-state index in [0.29, 0.717) is 12.2 Å². The molecule has 0 aliphatic rings. The summed E-state index contributed by atoms with van der Waals surface area (Å²) in [5.74, 6) is -0.294. The van der Waals surface area contributed by atoms with Crippen molar-refractivity contribution in [3.05, 3.63) is 40.8 Å². The number of aliphatic hydroxyl groups is 1. The molecule has 0 bridgehead atoms. The number of ether oxygens (including phenoxy) is 1. The fourth-order valence-electron chi connectivity index (χ4n) is 1.49. The van der Waals surface area contributed by atoms with Gasteiger partial charge < -0.3 is 9.84 Å². The van der Waals surface area contributed by atoms with Gasteiger partial charge in [-0.15, -0.1) is 0 Å². The van der Waals surface area contributed by atoms with Crippen LogP contribution in [0.2, 0.25) is 0 Å². The van der Waals surface area contributed by atoms with Crippen molar-refractivity contribution in [2.24, 2.45) is 0 Å². The zero-order chi connectivity index (χ0) is 12.8. The number of nitro benzene ring substituents is 1. The molecule has 93 valence electrons. The Labute approximate surface area is 100 Å². The molecule has 1 aromatic carbocycles. The highest BCUT2D eigenvalue weighted by atomic mass is 16.6. The minimum Gasteiger partial charge on any atom is -0.487 e. The molecule has 1 unspecified atom stereocenters. The lowest BCUT2D eigenvalue weighted by Gasteiger charge is -2.12. The SMILES string of the molecule is [CH2]C(CO)c1cccc(OCCC)c1[N+](=O)[O-]. The third kappa shape index (κ3) is 3.17. The third-order valence-corrected chi connectivity index (χ3v) is 2.33. The summed E-state index contributed by atoms with van der Waals surface area (Å²) in [7, 11) is 0. The van der Waals surface area contributed by atoms with Crippen LogP contribution in [-0.4, -0.2) is 23.2 Å². The number of para-hydroxylation sites is 1. The van der Waals surface area contributed by atoms with E-state index in [2.05, 4.69) is 6.92 Å². The van der Waals surface area contributed by atoms with Crippen LogP contribution < -0.4 is 4.74 Å². The summed E-state index contributed by atoms with van der Waals surface area (Å²) >= 11 is 0. The second-order valence-electron chi connectivity index (χ2n) is 3.68. The predicted molar refractivity (Wildman–Crippen MR) is 64.1 cm³/mol. The quantitative estimate of drug-likeness (QED) is 0.609. The van der Waals surface area contributed by atoms with Gasteiger partial charge in [0.2, 0.25) is 0 Å². The van der Waals surface area contributed by atoms with E-state index in [1.165, 1.54) is 0 Å². The molecule has 17 heavy (non-hydrogen) atoms. The average Bonchev–Trinajstić information content (AvgIpc) is 2.34. The van der Waals surface area contributed by atoms with Crippen LogP contribution in [-0.2, 0) is 0 Å². The monoisotopic (exact) mass is 238 g/mol. The van der Waals surface area contributed by atoms with Gasteiger partial charge in [-0.25, -0.2) is 0 Å². The maximum atomic E-state index is 11.0. The van der Waals surface area contributed by atoms with Crippen LogP contribution in [0.5, 0.6) is 5.75 Å². The molecule has 0 aromatic heterocycles. The zero-order valence-electron chi connectivity index (χ0n) is 9.76. The maximum Gasteiger partial charge on any atom is 0.314 e. The Morgan fingerprint density at radius 2 is 2.29 bits per heavy atom. The van der Waals surface area contributed by atoms with Gasteiger partial charge in [-0.1, -0.05) is 19.1 Å². The molecule has 0 saturated heterocycles. The van der Waals surface area contributed by atoms with Crippen molar-refractivity contribution in [3.63, 3.8) is 0 Å². The van der Waals surface area contributed by atoms with Gasteiger partial charge in [0.05, 0.1) is 18.1 Å². The van der Waals surface area contributed by atoms with Crippen LogP contribution in [0.1, 0.15) is 24.8 Å². The van der Waals surface area contributed by atoms with Crippen molar-refractivity contribution in [2.75, 3.05) is 13.2 Å². The molecule has 1 aromatic rings. The second-order valence-corrected chi connectivity index (χ2v) is 3.68. The highest BCUT2D eigenvalue weighted by Crippen LogP contribution is 2.34. The highest BCUT2D eigenvalue weighted by molar-refractivity contribution is 5.54. The first-order valence-electron chi connectivity index (χ1n) is 5.45. The fraction of sp³-hybridized carbons (Fsp3) is 0.417. The zero-order valence-corrected chi connectivity index (χ0v) is 9.76. The maximum absolute atomic E-state index is 11.0. The number of hydrogen-bond donors (Lipinski definition) is 1. The van der Waals surface area contributed by atoms with E-state index < -0.39 is 10.8 Å². The van der Waals surface area contributed by atoms with Gasteiger partial charge in [0.15, 0.2) is 5.75 Å². The van der Waals surface area contributed by atoms with E-state index in [4.69, 9.17) is 9.84 Å². The van der Waals surface area contributed by atoms with Crippen LogP contribution >= 0.6 is 0 Å². The number of nitrogens with zero attached hydrogens (tertiary/aromatic N) is 1. The van der Waals surface area contributed by atoms with Gasteiger partial charge in [-0.3, -0.25) is 10.1 Å². The molecule has 0 fully saturated rings. The second kappa shape index (κ2) is 6.20. The van der Waals surface area contributed by atoms with Gasteiger partial charge in [0.1, 0.15) is 0 Å². The van der Waals surface area contributed by atoms with Crippen molar-refractivity contribution in [1.29, 1.82) is 0 Å². The van der Waals surface area contributed by atoms with Gasteiger partial charge in [0, 0.05) is 11.5 Å². The summed E-state index contributed by atoms with van der Waals surface area (Å²) in [6.07, 6.45) is 0.773. The third-order valence-electron chi connectivity index (χ3n) is 2.33. The van der Waals surface area contributed by atoms with Crippen LogP contribution in [0.4, 0.5) is 5.69 Å². The molecular weight excluding hydrogens is 222 g/mol. The van der Waals surface area contributed by atoms with Crippen LogP contribution in [0.3, 0.4) is 0 Å². The number of benzene rings is 1. The van der Waals surface area contributed by atoms with E-state index in [0.717, 1.165) is 6.42 Å². The Hall–Kier alpha value is -1.62. The molecular formula is C12H16NO4. The van der Waals surface area contributed by atoms with Crippen molar-refractivity contribution >= 4 is 5.69 Å².